The molecule has 1 aromatic carbocycles. The van der Waals surface area contributed by atoms with Crippen molar-refractivity contribution in [3.8, 4) is 11.8 Å². The lowest BCUT2D eigenvalue weighted by atomic mass is 9.99. The molecule has 1 aliphatic rings. The van der Waals surface area contributed by atoms with Crippen LogP contribution < -0.4 is 4.74 Å². The molecule has 1 saturated heterocycles. The summed E-state index contributed by atoms with van der Waals surface area (Å²) in [6.07, 6.45) is 3.18. The van der Waals surface area contributed by atoms with Crippen molar-refractivity contribution in [2.75, 3.05) is 19.7 Å². The molecule has 6 nitrogen and oxygen atoms in total. The summed E-state index contributed by atoms with van der Waals surface area (Å²) >= 11 is 0. The number of ether oxygens (including phenoxy) is 1. The van der Waals surface area contributed by atoms with E-state index in [-0.39, 0.29) is 10.5 Å². The van der Waals surface area contributed by atoms with Crippen LogP contribution >= 0.6 is 0 Å². The largest absolute Gasteiger partial charge is 0.493 e. The van der Waals surface area contributed by atoms with E-state index in [0.717, 1.165) is 24.3 Å². The van der Waals surface area contributed by atoms with E-state index in [1.807, 2.05) is 25.1 Å². The molecule has 26 heavy (non-hydrogen) atoms. The second-order valence-electron chi connectivity index (χ2n) is 6.40. The van der Waals surface area contributed by atoms with E-state index in [1.165, 1.54) is 16.4 Å². The maximum absolute atomic E-state index is 12.8. The van der Waals surface area contributed by atoms with Crippen molar-refractivity contribution >= 4 is 10.0 Å². The fraction of sp³-hybridized carbons (Fsp3) is 0.368. The van der Waals surface area contributed by atoms with Gasteiger partial charge in [-0.2, -0.15) is 9.57 Å². The van der Waals surface area contributed by atoms with Gasteiger partial charge in [0.1, 0.15) is 11.8 Å². The molecule has 3 rings (SSSR count). The number of hydrogen-bond donors (Lipinski definition) is 0. The molecular weight excluding hydrogens is 350 g/mol. The van der Waals surface area contributed by atoms with Gasteiger partial charge in [0.25, 0.3) is 0 Å². The van der Waals surface area contributed by atoms with Crippen molar-refractivity contribution in [1.82, 2.24) is 9.29 Å². The van der Waals surface area contributed by atoms with Crippen molar-refractivity contribution < 1.29 is 13.2 Å². The van der Waals surface area contributed by atoms with Gasteiger partial charge in [0, 0.05) is 31.0 Å². The van der Waals surface area contributed by atoms with Crippen LogP contribution in [0.4, 0.5) is 0 Å². The van der Waals surface area contributed by atoms with Crippen LogP contribution in [0.5, 0.6) is 5.75 Å². The Labute approximate surface area is 154 Å². The van der Waals surface area contributed by atoms with Crippen LogP contribution in [0.25, 0.3) is 0 Å². The van der Waals surface area contributed by atoms with Gasteiger partial charge in [0.2, 0.25) is 10.0 Å². The number of aromatic nitrogens is 1. The van der Waals surface area contributed by atoms with E-state index < -0.39 is 10.0 Å². The molecule has 0 atom stereocenters. The van der Waals surface area contributed by atoms with Crippen molar-refractivity contribution in [2.45, 2.75) is 24.7 Å². The second kappa shape index (κ2) is 7.85. The maximum Gasteiger partial charge on any atom is 0.244 e. The van der Waals surface area contributed by atoms with Crippen molar-refractivity contribution in [1.29, 1.82) is 5.26 Å². The Balaban J connectivity index is 1.60. The van der Waals surface area contributed by atoms with Crippen LogP contribution in [0.2, 0.25) is 0 Å². The third-order valence-electron chi connectivity index (χ3n) is 4.55. The van der Waals surface area contributed by atoms with Gasteiger partial charge in [-0.1, -0.05) is 12.1 Å². The molecule has 0 spiro atoms. The summed E-state index contributed by atoms with van der Waals surface area (Å²) in [6, 6.07) is 12.0. The minimum Gasteiger partial charge on any atom is -0.493 e. The number of sulfonamides is 1. The second-order valence-corrected chi connectivity index (χ2v) is 8.31. The van der Waals surface area contributed by atoms with Gasteiger partial charge in [0.15, 0.2) is 0 Å². The molecule has 1 aromatic heterocycles. The minimum atomic E-state index is -3.64. The highest BCUT2D eigenvalue weighted by Crippen LogP contribution is 2.26. The van der Waals surface area contributed by atoms with E-state index in [2.05, 4.69) is 4.98 Å². The lowest BCUT2D eigenvalue weighted by Gasteiger charge is -2.31. The first-order valence-electron chi connectivity index (χ1n) is 8.55. The van der Waals surface area contributed by atoms with Gasteiger partial charge < -0.3 is 4.74 Å². The lowest BCUT2D eigenvalue weighted by molar-refractivity contribution is 0.185. The zero-order valence-electron chi connectivity index (χ0n) is 14.6. The molecule has 0 radical (unpaired) electrons. The summed E-state index contributed by atoms with van der Waals surface area (Å²) in [7, 11) is -3.64. The predicted molar refractivity (Wildman–Crippen MR) is 97.1 cm³/mol. The third kappa shape index (κ3) is 4.03. The van der Waals surface area contributed by atoms with E-state index in [1.54, 1.807) is 18.3 Å². The van der Waals surface area contributed by atoms with Gasteiger partial charge in [-0.05, 0) is 43.9 Å². The average Bonchev–Trinajstić information content (AvgIpc) is 2.66. The molecule has 7 heteroatoms. The van der Waals surface area contributed by atoms with Crippen LogP contribution in [0, 0.1) is 24.2 Å². The first-order valence-corrected chi connectivity index (χ1v) is 9.99. The van der Waals surface area contributed by atoms with E-state index in [0.29, 0.717) is 25.6 Å². The molecule has 0 N–H and O–H groups in total. The number of pyridine rings is 1. The summed E-state index contributed by atoms with van der Waals surface area (Å²) in [4.78, 5) is 4.23. The molecule has 0 aliphatic carbocycles. The quantitative estimate of drug-likeness (QED) is 0.807. The Kier molecular flexibility index (Phi) is 5.55. The smallest absolute Gasteiger partial charge is 0.244 e. The van der Waals surface area contributed by atoms with Gasteiger partial charge in [-0.3, -0.25) is 4.98 Å². The zero-order valence-corrected chi connectivity index (χ0v) is 15.4. The lowest BCUT2D eigenvalue weighted by Crippen LogP contribution is -2.39. The summed E-state index contributed by atoms with van der Waals surface area (Å²) < 4.78 is 32.9. The SMILES string of the molecule is Cc1cc(OCC2CCN(S(=O)(=O)c3ccccc3C#N)CC2)ccn1. The summed E-state index contributed by atoms with van der Waals surface area (Å²) in [6.45, 7) is 3.35. The summed E-state index contributed by atoms with van der Waals surface area (Å²) in [5, 5.41) is 9.17. The zero-order chi connectivity index (χ0) is 18.6. The molecule has 0 unspecified atom stereocenters. The van der Waals surface area contributed by atoms with Crippen LogP contribution in [0.15, 0.2) is 47.5 Å². The van der Waals surface area contributed by atoms with E-state index in [4.69, 9.17) is 10.00 Å². The number of hydrogen-bond acceptors (Lipinski definition) is 5. The van der Waals surface area contributed by atoms with Gasteiger partial charge >= 0.3 is 0 Å². The fourth-order valence-corrected chi connectivity index (χ4v) is 4.67. The predicted octanol–water partition coefficient (Wildman–Crippen LogP) is 2.74. The third-order valence-corrected chi connectivity index (χ3v) is 6.51. The molecule has 2 aromatic rings. The highest BCUT2D eigenvalue weighted by atomic mass is 32.2. The van der Waals surface area contributed by atoms with Crippen LogP contribution in [0.1, 0.15) is 24.1 Å². The summed E-state index contributed by atoms with van der Waals surface area (Å²) in [5.41, 5.74) is 1.09. The number of benzene rings is 1. The van der Waals surface area contributed by atoms with Gasteiger partial charge in [-0.15, -0.1) is 0 Å². The van der Waals surface area contributed by atoms with Crippen LogP contribution in [-0.4, -0.2) is 37.4 Å². The van der Waals surface area contributed by atoms with E-state index in [9.17, 15) is 8.42 Å². The Morgan fingerprint density at radius 2 is 2.00 bits per heavy atom. The fourth-order valence-electron chi connectivity index (χ4n) is 3.06. The Morgan fingerprint density at radius 3 is 2.69 bits per heavy atom. The van der Waals surface area contributed by atoms with Crippen molar-refractivity contribution in [3.63, 3.8) is 0 Å². The number of nitrogens with zero attached hydrogens (tertiary/aromatic N) is 3. The Hall–Kier alpha value is -2.43. The standard InChI is InChI=1S/C19H21N3O3S/c1-15-12-18(6-9-21-15)25-14-16-7-10-22(11-8-16)26(23,24)19-5-3-2-4-17(19)13-20/h2-6,9,12,16H,7-8,10-11,14H2,1H3. The van der Waals surface area contributed by atoms with Gasteiger partial charge in [-0.25, -0.2) is 8.42 Å². The topological polar surface area (TPSA) is 83.3 Å². The first kappa shape index (κ1) is 18.4. The Morgan fingerprint density at radius 1 is 1.27 bits per heavy atom. The highest BCUT2D eigenvalue weighted by Gasteiger charge is 2.31. The molecule has 0 saturated carbocycles. The molecule has 2 heterocycles. The molecule has 1 fully saturated rings. The number of aryl methyl sites for hydroxylation is 1. The highest BCUT2D eigenvalue weighted by molar-refractivity contribution is 7.89. The van der Waals surface area contributed by atoms with Crippen molar-refractivity contribution in [2.24, 2.45) is 5.92 Å². The van der Waals surface area contributed by atoms with Crippen LogP contribution in [0.3, 0.4) is 0 Å². The first-order chi connectivity index (χ1) is 12.5. The monoisotopic (exact) mass is 371 g/mol. The average molecular weight is 371 g/mol. The number of piperidine rings is 1. The van der Waals surface area contributed by atoms with E-state index >= 15 is 0 Å². The molecule has 0 amide bonds. The molecular formula is C19H21N3O3S. The molecule has 0 bridgehead atoms. The van der Waals surface area contributed by atoms with Gasteiger partial charge in [0.05, 0.1) is 17.1 Å². The number of rotatable bonds is 5. The Bertz CT molecular complexity index is 914. The number of nitriles is 1. The molecule has 136 valence electrons. The van der Waals surface area contributed by atoms with Crippen molar-refractivity contribution in [3.05, 3.63) is 53.9 Å². The normalized spacial score (nSPS) is 16.2. The summed E-state index contributed by atoms with van der Waals surface area (Å²) in [5.74, 6) is 1.09. The molecule has 1 aliphatic heterocycles. The maximum atomic E-state index is 12.8. The minimum absolute atomic E-state index is 0.0875. The van der Waals surface area contributed by atoms with Crippen LogP contribution in [-0.2, 0) is 10.0 Å².